The standard InChI is InChI=1S/C22H19FO4/c23-17-10-8-16(9-11-17)21(24)20(22(25)26)14-15-6-12-19(13-7-15)27-18-4-2-1-3-5-18/h1-13,20-21,24H,14H2,(H,25,26)/p-1. The summed E-state index contributed by atoms with van der Waals surface area (Å²) in [5.74, 6) is -1.66. The lowest BCUT2D eigenvalue weighted by atomic mass is 9.90. The third-order valence-electron chi connectivity index (χ3n) is 4.25. The Hall–Kier alpha value is -3.18. The molecule has 4 nitrogen and oxygen atoms in total. The van der Waals surface area contributed by atoms with E-state index in [0.29, 0.717) is 22.6 Å². The van der Waals surface area contributed by atoms with E-state index in [9.17, 15) is 19.4 Å². The maximum absolute atomic E-state index is 13.0. The largest absolute Gasteiger partial charge is 0.550 e. The van der Waals surface area contributed by atoms with Gasteiger partial charge in [-0.05, 0) is 53.9 Å². The van der Waals surface area contributed by atoms with Gasteiger partial charge in [0, 0.05) is 11.9 Å². The second kappa shape index (κ2) is 8.47. The molecule has 0 amide bonds. The van der Waals surface area contributed by atoms with Crippen molar-refractivity contribution in [2.24, 2.45) is 5.92 Å². The number of halogens is 1. The molecule has 0 heterocycles. The number of para-hydroxylation sites is 1. The Morgan fingerprint density at radius 2 is 1.52 bits per heavy atom. The van der Waals surface area contributed by atoms with Crippen LogP contribution in [0.15, 0.2) is 78.9 Å². The average molecular weight is 365 g/mol. The predicted octanol–water partition coefficient (Wildman–Crippen LogP) is 3.26. The monoisotopic (exact) mass is 365 g/mol. The fourth-order valence-corrected chi connectivity index (χ4v) is 2.79. The van der Waals surface area contributed by atoms with Crippen LogP contribution in [0.4, 0.5) is 4.39 Å². The second-order valence-electron chi connectivity index (χ2n) is 6.19. The van der Waals surface area contributed by atoms with Gasteiger partial charge < -0.3 is 19.7 Å². The van der Waals surface area contributed by atoms with E-state index < -0.39 is 23.8 Å². The molecule has 3 rings (SSSR count). The third-order valence-corrected chi connectivity index (χ3v) is 4.25. The summed E-state index contributed by atoms with van der Waals surface area (Å²) in [6.45, 7) is 0. The summed E-state index contributed by atoms with van der Waals surface area (Å²) >= 11 is 0. The third kappa shape index (κ3) is 4.92. The molecule has 0 aliphatic heterocycles. The van der Waals surface area contributed by atoms with Gasteiger partial charge in [-0.2, -0.15) is 0 Å². The first kappa shape index (κ1) is 18.6. The van der Waals surface area contributed by atoms with Gasteiger partial charge in [0.25, 0.3) is 0 Å². The highest BCUT2D eigenvalue weighted by Gasteiger charge is 2.22. The van der Waals surface area contributed by atoms with E-state index in [1.807, 2.05) is 30.3 Å². The minimum Gasteiger partial charge on any atom is -0.550 e. The first-order chi connectivity index (χ1) is 13.0. The molecule has 27 heavy (non-hydrogen) atoms. The second-order valence-corrected chi connectivity index (χ2v) is 6.19. The molecule has 2 atom stereocenters. The van der Waals surface area contributed by atoms with E-state index >= 15 is 0 Å². The first-order valence-electron chi connectivity index (χ1n) is 8.49. The fraction of sp³-hybridized carbons (Fsp3) is 0.136. The van der Waals surface area contributed by atoms with Gasteiger partial charge >= 0.3 is 0 Å². The van der Waals surface area contributed by atoms with Gasteiger partial charge in [0.1, 0.15) is 17.3 Å². The van der Waals surface area contributed by atoms with Gasteiger partial charge in [-0.15, -0.1) is 0 Å². The zero-order valence-corrected chi connectivity index (χ0v) is 14.4. The molecule has 1 N–H and O–H groups in total. The van der Waals surface area contributed by atoms with Crippen molar-refractivity contribution in [1.82, 2.24) is 0 Å². The van der Waals surface area contributed by atoms with E-state index in [0.717, 1.165) is 0 Å². The summed E-state index contributed by atoms with van der Waals surface area (Å²) in [5, 5.41) is 21.9. The minimum atomic E-state index is -1.36. The van der Waals surface area contributed by atoms with E-state index in [1.165, 1.54) is 24.3 Å². The number of rotatable bonds is 7. The number of hydrogen-bond acceptors (Lipinski definition) is 4. The van der Waals surface area contributed by atoms with Crippen molar-refractivity contribution in [2.75, 3.05) is 0 Å². The lowest BCUT2D eigenvalue weighted by Gasteiger charge is -2.24. The number of carbonyl (C=O) groups is 1. The molecule has 0 fully saturated rings. The predicted molar refractivity (Wildman–Crippen MR) is 96.5 cm³/mol. The van der Waals surface area contributed by atoms with Gasteiger partial charge in [0.2, 0.25) is 0 Å². The Kier molecular flexibility index (Phi) is 5.84. The van der Waals surface area contributed by atoms with E-state index in [1.54, 1.807) is 24.3 Å². The van der Waals surface area contributed by atoms with Gasteiger partial charge in [-0.25, -0.2) is 4.39 Å². The maximum atomic E-state index is 13.0. The molecule has 0 saturated heterocycles. The molecule has 0 saturated carbocycles. The van der Waals surface area contributed by atoms with E-state index in [4.69, 9.17) is 4.74 Å². The average Bonchev–Trinajstić information content (AvgIpc) is 2.68. The number of carboxylic acids is 1. The number of ether oxygens (including phenoxy) is 1. The topological polar surface area (TPSA) is 69.6 Å². The zero-order valence-electron chi connectivity index (χ0n) is 14.4. The number of hydrogen-bond donors (Lipinski definition) is 1. The molecule has 0 radical (unpaired) electrons. The number of aliphatic carboxylic acids is 1. The minimum absolute atomic E-state index is 0.0759. The number of aliphatic hydroxyl groups is 1. The molecule has 0 spiro atoms. The van der Waals surface area contributed by atoms with E-state index in [2.05, 4.69) is 0 Å². The van der Waals surface area contributed by atoms with Gasteiger partial charge in [-0.1, -0.05) is 42.5 Å². The fourth-order valence-electron chi connectivity index (χ4n) is 2.79. The lowest BCUT2D eigenvalue weighted by molar-refractivity contribution is -0.314. The highest BCUT2D eigenvalue weighted by molar-refractivity contribution is 5.69. The quantitative estimate of drug-likeness (QED) is 0.698. The highest BCUT2D eigenvalue weighted by atomic mass is 19.1. The van der Waals surface area contributed by atoms with Gasteiger partial charge in [-0.3, -0.25) is 0 Å². The van der Waals surface area contributed by atoms with Crippen LogP contribution in [0.25, 0.3) is 0 Å². The van der Waals surface area contributed by atoms with Crippen LogP contribution >= 0.6 is 0 Å². The molecule has 0 aliphatic rings. The van der Waals surface area contributed by atoms with Crippen molar-refractivity contribution in [3.63, 3.8) is 0 Å². The molecule has 3 aromatic rings. The molecular weight excluding hydrogens is 347 g/mol. The van der Waals surface area contributed by atoms with Crippen molar-refractivity contribution in [1.29, 1.82) is 0 Å². The maximum Gasteiger partial charge on any atom is 0.127 e. The summed E-state index contributed by atoms with van der Waals surface area (Å²) in [6, 6.07) is 21.3. The summed E-state index contributed by atoms with van der Waals surface area (Å²) in [6.07, 6.45) is -1.22. The lowest BCUT2D eigenvalue weighted by Crippen LogP contribution is -2.36. The van der Waals surface area contributed by atoms with Crippen molar-refractivity contribution >= 4 is 5.97 Å². The number of aliphatic hydroxyl groups excluding tert-OH is 1. The van der Waals surface area contributed by atoms with Crippen LogP contribution in [-0.4, -0.2) is 11.1 Å². The first-order valence-corrected chi connectivity index (χ1v) is 8.49. The molecule has 5 heteroatoms. The van der Waals surface area contributed by atoms with Crippen LogP contribution in [0.1, 0.15) is 17.2 Å². The van der Waals surface area contributed by atoms with Crippen LogP contribution in [0.3, 0.4) is 0 Å². The van der Waals surface area contributed by atoms with Gasteiger partial charge in [0.15, 0.2) is 0 Å². The molecule has 0 aromatic heterocycles. The Labute approximate surface area is 156 Å². The van der Waals surface area contributed by atoms with Gasteiger partial charge in [0.05, 0.1) is 6.10 Å². The summed E-state index contributed by atoms with van der Waals surface area (Å²) < 4.78 is 18.7. The molecule has 0 bridgehead atoms. The number of carbonyl (C=O) groups excluding carboxylic acids is 1. The summed E-state index contributed by atoms with van der Waals surface area (Å²) in [4.78, 5) is 11.5. The van der Waals surface area contributed by atoms with Crippen LogP contribution in [0, 0.1) is 11.7 Å². The molecular formula is C22H18FO4-. The molecule has 138 valence electrons. The Bertz CT molecular complexity index is 876. The van der Waals surface area contributed by atoms with Crippen molar-refractivity contribution in [2.45, 2.75) is 12.5 Å². The van der Waals surface area contributed by atoms with Crippen LogP contribution in [0.2, 0.25) is 0 Å². The van der Waals surface area contributed by atoms with Crippen molar-refractivity contribution < 1.29 is 24.1 Å². The number of benzene rings is 3. The van der Waals surface area contributed by atoms with Crippen molar-refractivity contribution in [3.8, 4) is 11.5 Å². The smallest absolute Gasteiger partial charge is 0.127 e. The van der Waals surface area contributed by atoms with E-state index in [-0.39, 0.29) is 6.42 Å². The van der Waals surface area contributed by atoms with Crippen LogP contribution < -0.4 is 9.84 Å². The SMILES string of the molecule is O=C([O-])C(Cc1ccc(Oc2ccccc2)cc1)C(O)c1ccc(F)cc1. The Balaban J connectivity index is 1.71. The summed E-state index contributed by atoms with van der Waals surface area (Å²) in [5.41, 5.74) is 1.04. The zero-order chi connectivity index (χ0) is 19.2. The number of carboxylic acid groups (broad SMARTS) is 1. The Morgan fingerprint density at radius 1 is 0.926 bits per heavy atom. The highest BCUT2D eigenvalue weighted by Crippen LogP contribution is 2.27. The van der Waals surface area contributed by atoms with Crippen molar-refractivity contribution in [3.05, 3.63) is 95.8 Å². The van der Waals surface area contributed by atoms with Crippen LogP contribution in [-0.2, 0) is 11.2 Å². The normalized spacial score (nSPS) is 13.0. The van der Waals surface area contributed by atoms with Crippen LogP contribution in [0.5, 0.6) is 11.5 Å². The molecule has 2 unspecified atom stereocenters. The molecule has 3 aromatic carbocycles. The summed E-state index contributed by atoms with van der Waals surface area (Å²) in [7, 11) is 0. The molecule has 0 aliphatic carbocycles. The Morgan fingerprint density at radius 3 is 2.11 bits per heavy atom.